The Kier molecular flexibility index (Phi) is 5.77. The summed E-state index contributed by atoms with van der Waals surface area (Å²) in [6.45, 7) is 2.14. The second-order valence-electron chi connectivity index (χ2n) is 6.98. The van der Waals surface area contributed by atoms with Gasteiger partial charge in [-0.1, -0.05) is 43.3 Å². The molecule has 1 amide bonds. The van der Waals surface area contributed by atoms with E-state index < -0.39 is 6.09 Å². The van der Waals surface area contributed by atoms with Crippen molar-refractivity contribution in [3.05, 3.63) is 72.3 Å². The molecule has 0 aliphatic rings. The van der Waals surface area contributed by atoms with Crippen molar-refractivity contribution in [2.45, 2.75) is 20.0 Å². The van der Waals surface area contributed by atoms with Crippen LogP contribution in [0, 0.1) is 0 Å². The molecule has 0 saturated heterocycles. The van der Waals surface area contributed by atoms with Gasteiger partial charge in [0.05, 0.1) is 29.9 Å². The Bertz CT molecular complexity index is 1150. The van der Waals surface area contributed by atoms with Gasteiger partial charge in [-0.15, -0.1) is 0 Å². The minimum absolute atomic E-state index is 0.147. The van der Waals surface area contributed by atoms with E-state index in [9.17, 15) is 9.90 Å². The van der Waals surface area contributed by atoms with E-state index in [0.717, 1.165) is 39.6 Å². The van der Waals surface area contributed by atoms with E-state index in [0.29, 0.717) is 17.9 Å². The number of para-hydroxylation sites is 2. The maximum Gasteiger partial charge on any atom is 0.411 e. The van der Waals surface area contributed by atoms with Gasteiger partial charge < -0.3 is 15.2 Å². The summed E-state index contributed by atoms with van der Waals surface area (Å²) in [7, 11) is 0. The van der Waals surface area contributed by atoms with Crippen LogP contribution in [0.3, 0.4) is 0 Å². The van der Waals surface area contributed by atoms with E-state index in [4.69, 9.17) is 9.72 Å². The van der Waals surface area contributed by atoms with E-state index in [2.05, 4.69) is 10.6 Å². The molecule has 152 valence electrons. The summed E-state index contributed by atoms with van der Waals surface area (Å²) < 4.78 is 5.10. The molecule has 6 heteroatoms. The first-order valence-electron chi connectivity index (χ1n) is 9.91. The van der Waals surface area contributed by atoms with Crippen molar-refractivity contribution in [1.82, 2.24) is 4.98 Å². The summed E-state index contributed by atoms with van der Waals surface area (Å²) >= 11 is 0. The molecule has 1 heterocycles. The summed E-state index contributed by atoms with van der Waals surface area (Å²) in [5.74, 6) is 0. The van der Waals surface area contributed by atoms with Crippen molar-refractivity contribution >= 4 is 45.0 Å². The van der Waals surface area contributed by atoms with Gasteiger partial charge in [0.25, 0.3) is 0 Å². The number of hydrogen-bond acceptors (Lipinski definition) is 5. The molecule has 0 aliphatic carbocycles. The maximum atomic E-state index is 12.0. The molecular weight excluding hydrogens is 378 g/mol. The molecule has 0 aliphatic heterocycles. The Morgan fingerprint density at radius 2 is 1.60 bits per heavy atom. The lowest BCUT2D eigenvalue weighted by Gasteiger charge is -2.15. The van der Waals surface area contributed by atoms with Crippen molar-refractivity contribution in [3.8, 4) is 0 Å². The lowest BCUT2D eigenvalue weighted by molar-refractivity contribution is 0.161. The van der Waals surface area contributed by atoms with Gasteiger partial charge in [-0.3, -0.25) is 5.32 Å². The molecule has 0 saturated carbocycles. The predicted molar refractivity (Wildman–Crippen MR) is 120 cm³/mol. The molecule has 4 rings (SSSR count). The van der Waals surface area contributed by atoms with Gasteiger partial charge in [-0.05, 0) is 42.3 Å². The van der Waals surface area contributed by atoms with Crippen LogP contribution in [0.25, 0.3) is 21.8 Å². The zero-order chi connectivity index (χ0) is 20.9. The highest BCUT2D eigenvalue weighted by Gasteiger charge is 2.11. The standard InChI is InChI=1S/C24H23N3O3/c1-2-11-30-24(29)26-18-13-16(15-28)12-17(14-18)25-23-19-7-3-5-9-21(19)27-22-10-6-4-8-20(22)23/h3-10,12-14,28H,2,11,15H2,1H3,(H,25,27)(H,26,29). The number of aliphatic hydroxyl groups is 1. The molecule has 3 N–H and O–H groups in total. The number of nitrogens with zero attached hydrogens (tertiary/aromatic N) is 1. The number of anilines is 3. The average molecular weight is 401 g/mol. The van der Waals surface area contributed by atoms with E-state index >= 15 is 0 Å². The SMILES string of the molecule is CCCOC(=O)Nc1cc(CO)cc(Nc2c3ccccc3nc3ccccc23)c1. The Balaban J connectivity index is 1.75. The van der Waals surface area contributed by atoms with Crippen molar-refractivity contribution < 1.29 is 14.6 Å². The average Bonchev–Trinajstić information content (AvgIpc) is 2.77. The molecular formula is C24H23N3O3. The van der Waals surface area contributed by atoms with Crippen LogP contribution in [-0.4, -0.2) is 22.8 Å². The fraction of sp³-hybridized carbons (Fsp3) is 0.167. The zero-order valence-electron chi connectivity index (χ0n) is 16.7. The monoisotopic (exact) mass is 401 g/mol. The number of hydrogen-bond donors (Lipinski definition) is 3. The van der Waals surface area contributed by atoms with E-state index in [1.54, 1.807) is 6.07 Å². The van der Waals surface area contributed by atoms with Crippen molar-refractivity contribution in [2.24, 2.45) is 0 Å². The zero-order valence-corrected chi connectivity index (χ0v) is 16.7. The van der Waals surface area contributed by atoms with Crippen molar-refractivity contribution in [1.29, 1.82) is 0 Å². The topological polar surface area (TPSA) is 83.5 Å². The second kappa shape index (κ2) is 8.80. The molecule has 0 bridgehead atoms. The molecule has 0 radical (unpaired) electrons. The van der Waals surface area contributed by atoms with Crippen LogP contribution in [0.1, 0.15) is 18.9 Å². The molecule has 0 unspecified atom stereocenters. The van der Waals surface area contributed by atoms with Gasteiger partial charge in [-0.25, -0.2) is 9.78 Å². The lowest BCUT2D eigenvalue weighted by Crippen LogP contribution is -2.14. The van der Waals surface area contributed by atoms with Crippen molar-refractivity contribution in [3.63, 3.8) is 0 Å². The van der Waals surface area contributed by atoms with Crippen LogP contribution in [0.4, 0.5) is 21.9 Å². The van der Waals surface area contributed by atoms with Gasteiger partial charge in [0, 0.05) is 22.1 Å². The van der Waals surface area contributed by atoms with Crippen LogP contribution < -0.4 is 10.6 Å². The molecule has 4 aromatic rings. The number of aliphatic hydroxyl groups excluding tert-OH is 1. The fourth-order valence-corrected chi connectivity index (χ4v) is 3.40. The summed E-state index contributed by atoms with van der Waals surface area (Å²) in [6, 6.07) is 21.3. The molecule has 30 heavy (non-hydrogen) atoms. The summed E-state index contributed by atoms with van der Waals surface area (Å²) in [6.07, 6.45) is 0.233. The Morgan fingerprint density at radius 1 is 0.967 bits per heavy atom. The van der Waals surface area contributed by atoms with Gasteiger partial charge in [0.15, 0.2) is 0 Å². The van der Waals surface area contributed by atoms with Gasteiger partial charge >= 0.3 is 6.09 Å². The van der Waals surface area contributed by atoms with E-state index in [1.807, 2.05) is 67.6 Å². The summed E-state index contributed by atoms with van der Waals surface area (Å²) in [5, 5.41) is 17.9. The number of nitrogens with one attached hydrogen (secondary N) is 2. The molecule has 6 nitrogen and oxygen atoms in total. The first kappa shape index (κ1) is 19.7. The van der Waals surface area contributed by atoms with Crippen LogP contribution in [0.15, 0.2) is 66.7 Å². The third-order valence-electron chi connectivity index (χ3n) is 4.72. The maximum absolute atomic E-state index is 12.0. The normalized spacial score (nSPS) is 10.9. The van der Waals surface area contributed by atoms with Crippen LogP contribution in [-0.2, 0) is 11.3 Å². The highest BCUT2D eigenvalue weighted by molar-refractivity contribution is 6.08. The number of pyridine rings is 1. The molecule has 0 atom stereocenters. The number of rotatable bonds is 6. The minimum atomic E-state index is -0.516. The number of carbonyl (C=O) groups excluding carboxylic acids is 1. The van der Waals surface area contributed by atoms with Gasteiger partial charge in [-0.2, -0.15) is 0 Å². The first-order chi connectivity index (χ1) is 14.7. The highest BCUT2D eigenvalue weighted by atomic mass is 16.5. The van der Waals surface area contributed by atoms with Gasteiger partial charge in [0.2, 0.25) is 0 Å². The Labute approximate surface area is 174 Å². The first-order valence-corrected chi connectivity index (χ1v) is 9.91. The third-order valence-corrected chi connectivity index (χ3v) is 4.72. The summed E-state index contributed by atoms with van der Waals surface area (Å²) in [5.41, 5.74) is 4.66. The van der Waals surface area contributed by atoms with E-state index in [-0.39, 0.29) is 6.61 Å². The van der Waals surface area contributed by atoms with Crippen molar-refractivity contribution in [2.75, 3.05) is 17.2 Å². The van der Waals surface area contributed by atoms with Gasteiger partial charge in [0.1, 0.15) is 0 Å². The number of benzene rings is 3. The highest BCUT2D eigenvalue weighted by Crippen LogP contribution is 2.34. The van der Waals surface area contributed by atoms with E-state index in [1.165, 1.54) is 0 Å². The molecule has 1 aromatic heterocycles. The smallest absolute Gasteiger partial charge is 0.411 e. The van der Waals surface area contributed by atoms with Crippen LogP contribution in [0.5, 0.6) is 0 Å². The molecule has 3 aromatic carbocycles. The minimum Gasteiger partial charge on any atom is -0.449 e. The third kappa shape index (κ3) is 4.18. The van der Waals surface area contributed by atoms with Crippen LogP contribution in [0.2, 0.25) is 0 Å². The number of fused-ring (bicyclic) bond motifs is 2. The lowest BCUT2D eigenvalue weighted by atomic mass is 10.1. The number of carbonyl (C=O) groups is 1. The number of amides is 1. The fourth-order valence-electron chi connectivity index (χ4n) is 3.40. The molecule has 0 spiro atoms. The Hall–Kier alpha value is -3.64. The predicted octanol–water partition coefficient (Wildman–Crippen LogP) is 5.58. The summed E-state index contributed by atoms with van der Waals surface area (Å²) in [4.78, 5) is 16.7. The molecule has 0 fully saturated rings. The van der Waals surface area contributed by atoms with Crippen LogP contribution >= 0.6 is 0 Å². The Morgan fingerprint density at radius 3 is 2.23 bits per heavy atom. The largest absolute Gasteiger partial charge is 0.449 e. The number of aromatic nitrogens is 1. The quantitative estimate of drug-likeness (QED) is 0.367. The second-order valence-corrected chi connectivity index (χ2v) is 6.98. The number of ether oxygens (including phenoxy) is 1.